The SMILES string of the molecule is CC(C)[NH+](CCNC(=O)CN1C(=O)C(=Cc2ccc(C(F)(F)F)cc2)Sc2ccccc21)Cc1ccccc1. The van der Waals surface area contributed by atoms with Crippen LogP contribution in [0, 0.1) is 0 Å². The van der Waals surface area contributed by atoms with Crippen molar-refractivity contribution < 1.29 is 27.7 Å². The highest BCUT2D eigenvalue weighted by molar-refractivity contribution is 8.04. The summed E-state index contributed by atoms with van der Waals surface area (Å²) in [6.45, 7) is 6.18. The van der Waals surface area contributed by atoms with Gasteiger partial charge < -0.3 is 10.2 Å². The van der Waals surface area contributed by atoms with E-state index in [0.29, 0.717) is 28.7 Å². The molecule has 5 nitrogen and oxygen atoms in total. The van der Waals surface area contributed by atoms with Crippen molar-refractivity contribution in [2.24, 2.45) is 0 Å². The van der Waals surface area contributed by atoms with Crippen molar-refractivity contribution in [3.63, 3.8) is 0 Å². The van der Waals surface area contributed by atoms with E-state index >= 15 is 0 Å². The molecule has 0 saturated heterocycles. The van der Waals surface area contributed by atoms with Crippen molar-refractivity contribution in [3.8, 4) is 0 Å². The first kappa shape index (κ1) is 28.4. The number of carbonyl (C=O) groups excluding carboxylic acids is 2. The van der Waals surface area contributed by atoms with Gasteiger partial charge >= 0.3 is 6.18 Å². The van der Waals surface area contributed by atoms with Gasteiger partial charge in [-0.2, -0.15) is 13.2 Å². The third-order valence-corrected chi connectivity index (χ3v) is 7.61. The molecule has 9 heteroatoms. The fourth-order valence-corrected chi connectivity index (χ4v) is 5.40. The van der Waals surface area contributed by atoms with Crippen LogP contribution >= 0.6 is 11.8 Å². The van der Waals surface area contributed by atoms with Gasteiger partial charge in [0.15, 0.2) is 0 Å². The molecule has 0 bridgehead atoms. The number of halogens is 3. The Labute approximate surface area is 230 Å². The Bertz CT molecular complexity index is 1330. The number of anilines is 1. The molecule has 0 saturated carbocycles. The average molecular weight is 555 g/mol. The lowest BCUT2D eigenvalue weighted by Crippen LogP contribution is -3.14. The summed E-state index contributed by atoms with van der Waals surface area (Å²) in [6.07, 6.45) is -2.87. The van der Waals surface area contributed by atoms with Crippen LogP contribution in [0.3, 0.4) is 0 Å². The molecule has 39 heavy (non-hydrogen) atoms. The van der Waals surface area contributed by atoms with Gasteiger partial charge in [0.1, 0.15) is 13.1 Å². The number of hydrogen-bond acceptors (Lipinski definition) is 3. The van der Waals surface area contributed by atoms with Crippen LogP contribution in [0.5, 0.6) is 0 Å². The molecule has 0 fully saturated rings. The quantitative estimate of drug-likeness (QED) is 0.374. The molecule has 1 heterocycles. The van der Waals surface area contributed by atoms with Gasteiger partial charge in [0, 0.05) is 10.5 Å². The summed E-state index contributed by atoms with van der Waals surface area (Å²) in [5, 5.41) is 2.95. The topological polar surface area (TPSA) is 53.9 Å². The predicted molar refractivity (Wildman–Crippen MR) is 148 cm³/mol. The Hall–Kier alpha value is -3.56. The lowest BCUT2D eigenvalue weighted by atomic mass is 10.1. The average Bonchev–Trinajstić information content (AvgIpc) is 2.91. The van der Waals surface area contributed by atoms with E-state index in [1.54, 1.807) is 18.2 Å². The Morgan fingerprint density at radius 1 is 1.00 bits per heavy atom. The lowest BCUT2D eigenvalue weighted by Gasteiger charge is -2.30. The maximum absolute atomic E-state index is 13.4. The molecule has 0 radical (unpaired) electrons. The number of quaternary nitrogens is 1. The largest absolute Gasteiger partial charge is 0.416 e. The van der Waals surface area contributed by atoms with Gasteiger partial charge in [0.05, 0.1) is 35.3 Å². The third kappa shape index (κ3) is 7.52. The van der Waals surface area contributed by atoms with Crippen molar-refractivity contribution in [1.82, 2.24) is 5.32 Å². The third-order valence-electron chi connectivity index (χ3n) is 6.53. The molecule has 0 spiro atoms. The highest BCUT2D eigenvalue weighted by atomic mass is 32.2. The first-order chi connectivity index (χ1) is 18.6. The second-order valence-electron chi connectivity index (χ2n) is 9.66. The minimum absolute atomic E-state index is 0.156. The molecule has 2 N–H and O–H groups in total. The van der Waals surface area contributed by atoms with Crippen LogP contribution in [0.25, 0.3) is 6.08 Å². The molecule has 3 aromatic rings. The predicted octanol–water partition coefficient (Wildman–Crippen LogP) is 4.79. The fraction of sp³-hybridized carbons (Fsp3) is 0.267. The first-order valence-corrected chi connectivity index (χ1v) is 13.6. The molecule has 0 aliphatic carbocycles. The second-order valence-corrected chi connectivity index (χ2v) is 10.7. The van der Waals surface area contributed by atoms with E-state index in [2.05, 4.69) is 31.3 Å². The van der Waals surface area contributed by atoms with Gasteiger partial charge in [-0.15, -0.1) is 0 Å². The number of thioether (sulfide) groups is 1. The molecular formula is C30H31F3N3O2S+. The molecule has 1 atom stereocenters. The summed E-state index contributed by atoms with van der Waals surface area (Å²) in [4.78, 5) is 30.2. The summed E-state index contributed by atoms with van der Waals surface area (Å²) in [6, 6.07) is 22.5. The molecule has 1 aliphatic rings. The van der Waals surface area contributed by atoms with Gasteiger partial charge in [-0.05, 0) is 49.8 Å². The van der Waals surface area contributed by atoms with Crippen molar-refractivity contribution in [3.05, 3.63) is 100 Å². The monoisotopic (exact) mass is 554 g/mol. The van der Waals surface area contributed by atoms with Crippen molar-refractivity contribution in [1.29, 1.82) is 0 Å². The van der Waals surface area contributed by atoms with Crippen LogP contribution in [0.1, 0.15) is 30.5 Å². The number of nitrogens with one attached hydrogen (secondary N) is 2. The van der Waals surface area contributed by atoms with E-state index in [1.807, 2.05) is 30.3 Å². The van der Waals surface area contributed by atoms with Gasteiger partial charge in [-0.25, -0.2) is 0 Å². The second kappa shape index (κ2) is 12.5. The number of hydrogen-bond donors (Lipinski definition) is 2. The number of para-hydroxylation sites is 1. The maximum atomic E-state index is 13.4. The number of fused-ring (bicyclic) bond motifs is 1. The molecular weight excluding hydrogens is 523 g/mol. The minimum Gasteiger partial charge on any atom is -0.349 e. The van der Waals surface area contributed by atoms with E-state index in [4.69, 9.17) is 0 Å². The minimum atomic E-state index is -4.43. The number of alkyl halides is 3. The van der Waals surface area contributed by atoms with Crippen molar-refractivity contribution in [2.75, 3.05) is 24.5 Å². The zero-order valence-electron chi connectivity index (χ0n) is 21.8. The summed E-state index contributed by atoms with van der Waals surface area (Å²) < 4.78 is 38.8. The Morgan fingerprint density at radius 3 is 2.33 bits per heavy atom. The van der Waals surface area contributed by atoms with Gasteiger partial charge in [0.25, 0.3) is 5.91 Å². The number of nitrogens with zero attached hydrogens (tertiary/aromatic N) is 1. The zero-order valence-corrected chi connectivity index (χ0v) is 22.6. The summed E-state index contributed by atoms with van der Waals surface area (Å²) in [5.74, 6) is -0.644. The van der Waals surface area contributed by atoms with Crippen LogP contribution in [-0.4, -0.2) is 37.5 Å². The van der Waals surface area contributed by atoms with Crippen molar-refractivity contribution >= 4 is 35.3 Å². The van der Waals surface area contributed by atoms with Crippen LogP contribution in [0.15, 0.2) is 88.7 Å². The first-order valence-electron chi connectivity index (χ1n) is 12.7. The van der Waals surface area contributed by atoms with E-state index in [-0.39, 0.29) is 18.4 Å². The Balaban J connectivity index is 1.43. The molecule has 0 aromatic heterocycles. The van der Waals surface area contributed by atoms with Gasteiger partial charge in [-0.3, -0.25) is 14.5 Å². The summed E-state index contributed by atoms with van der Waals surface area (Å²) in [7, 11) is 0. The van der Waals surface area contributed by atoms with Crippen molar-refractivity contribution in [2.45, 2.75) is 37.5 Å². The highest BCUT2D eigenvalue weighted by Crippen LogP contribution is 2.42. The van der Waals surface area contributed by atoms with E-state index in [9.17, 15) is 22.8 Å². The molecule has 3 aromatic carbocycles. The number of benzene rings is 3. The fourth-order valence-electron chi connectivity index (χ4n) is 4.34. The standard InChI is InChI=1S/C30H30F3N3O2S/c1-21(2)35(19-23-8-4-3-5-9-23)17-16-34-28(37)20-36-25-10-6-7-11-26(25)39-27(29(36)38)18-22-12-14-24(15-13-22)30(31,32)33/h3-15,18,21H,16-17,19-20H2,1-2H3,(H,34,37)/p+1. The molecule has 204 valence electrons. The van der Waals surface area contributed by atoms with E-state index in [0.717, 1.165) is 30.1 Å². The number of rotatable bonds is 9. The maximum Gasteiger partial charge on any atom is 0.416 e. The molecule has 4 rings (SSSR count). The Kier molecular flexibility index (Phi) is 9.14. The Morgan fingerprint density at radius 2 is 1.67 bits per heavy atom. The van der Waals surface area contributed by atoms with Crippen LogP contribution in [0.2, 0.25) is 0 Å². The summed E-state index contributed by atoms with van der Waals surface area (Å²) >= 11 is 1.24. The molecule has 2 amide bonds. The summed E-state index contributed by atoms with van der Waals surface area (Å²) in [5.41, 5.74) is 1.58. The van der Waals surface area contributed by atoms with Crippen LogP contribution in [-0.2, 0) is 22.3 Å². The molecule has 1 unspecified atom stereocenters. The van der Waals surface area contributed by atoms with Crippen LogP contribution in [0.4, 0.5) is 18.9 Å². The smallest absolute Gasteiger partial charge is 0.349 e. The highest BCUT2D eigenvalue weighted by Gasteiger charge is 2.32. The van der Waals surface area contributed by atoms with E-state index < -0.39 is 11.7 Å². The van der Waals surface area contributed by atoms with Crippen LogP contribution < -0.4 is 15.1 Å². The number of amides is 2. The number of carbonyl (C=O) groups is 2. The van der Waals surface area contributed by atoms with E-state index in [1.165, 1.54) is 39.3 Å². The molecule has 1 aliphatic heterocycles. The van der Waals surface area contributed by atoms with Gasteiger partial charge in [0.2, 0.25) is 5.91 Å². The zero-order chi connectivity index (χ0) is 28.0. The normalized spacial score (nSPS) is 15.4. The van der Waals surface area contributed by atoms with Gasteiger partial charge in [-0.1, -0.05) is 66.4 Å². The lowest BCUT2D eigenvalue weighted by molar-refractivity contribution is -0.933.